The molecule has 0 radical (unpaired) electrons. The lowest BCUT2D eigenvalue weighted by atomic mass is 10.2. The van der Waals surface area contributed by atoms with Crippen molar-refractivity contribution in [3.05, 3.63) is 59.1 Å². The van der Waals surface area contributed by atoms with Crippen molar-refractivity contribution in [3.8, 4) is 0 Å². The number of amides is 2. The number of nitrogens with zero attached hydrogens (tertiary/aromatic N) is 1. The van der Waals surface area contributed by atoms with E-state index in [-0.39, 0.29) is 6.03 Å². The minimum atomic E-state index is -0.149. The number of nitrogens with one attached hydrogen (secondary N) is 1. The molecule has 0 fully saturated rings. The average Bonchev–Trinajstić information content (AvgIpc) is 2.44. The molecule has 0 aliphatic rings. The van der Waals surface area contributed by atoms with Crippen LogP contribution in [0.25, 0.3) is 0 Å². The summed E-state index contributed by atoms with van der Waals surface area (Å²) >= 11 is 5.83. The zero-order valence-electron chi connectivity index (χ0n) is 11.6. The Morgan fingerprint density at radius 2 is 1.80 bits per heavy atom. The molecule has 0 saturated heterocycles. The summed E-state index contributed by atoms with van der Waals surface area (Å²) in [4.78, 5) is 14.1. The molecule has 0 saturated carbocycles. The van der Waals surface area contributed by atoms with Crippen LogP contribution in [0.2, 0.25) is 5.02 Å². The summed E-state index contributed by atoms with van der Waals surface area (Å²) in [6.07, 6.45) is 0. The number of halogens is 1. The summed E-state index contributed by atoms with van der Waals surface area (Å²) in [6, 6.07) is 14.8. The summed E-state index contributed by atoms with van der Waals surface area (Å²) in [7, 11) is 0. The van der Waals surface area contributed by atoms with Crippen LogP contribution in [0.5, 0.6) is 0 Å². The van der Waals surface area contributed by atoms with E-state index in [1.54, 1.807) is 29.2 Å². The third kappa shape index (κ3) is 3.31. The van der Waals surface area contributed by atoms with E-state index in [9.17, 15) is 4.79 Å². The molecule has 0 unspecified atom stereocenters. The van der Waals surface area contributed by atoms with Gasteiger partial charge in [0.1, 0.15) is 0 Å². The first-order valence-corrected chi connectivity index (χ1v) is 6.89. The summed E-state index contributed by atoms with van der Waals surface area (Å²) < 4.78 is 0. The Morgan fingerprint density at radius 1 is 1.15 bits per heavy atom. The van der Waals surface area contributed by atoms with E-state index >= 15 is 0 Å². The number of urea groups is 1. The maximum absolute atomic E-state index is 12.4. The fraction of sp³-hybridized carbons (Fsp3) is 0.188. The first-order valence-electron chi connectivity index (χ1n) is 6.51. The third-order valence-corrected chi connectivity index (χ3v) is 3.32. The maximum atomic E-state index is 12.4. The van der Waals surface area contributed by atoms with Crippen LogP contribution < -0.4 is 10.2 Å². The molecular formula is C16H17ClN2O. The van der Waals surface area contributed by atoms with Crippen LogP contribution in [0.1, 0.15) is 12.5 Å². The molecule has 0 heterocycles. The molecule has 20 heavy (non-hydrogen) atoms. The molecule has 0 atom stereocenters. The number of carbonyl (C=O) groups is 1. The van der Waals surface area contributed by atoms with E-state index in [0.717, 1.165) is 16.9 Å². The van der Waals surface area contributed by atoms with Gasteiger partial charge in [-0.05, 0) is 49.7 Å². The lowest BCUT2D eigenvalue weighted by molar-refractivity contribution is 0.257. The lowest BCUT2D eigenvalue weighted by Crippen LogP contribution is -2.35. The number of anilines is 2. The largest absolute Gasteiger partial charge is 0.326 e. The number of benzene rings is 2. The number of aryl methyl sites for hydroxylation is 1. The monoisotopic (exact) mass is 288 g/mol. The minimum Gasteiger partial charge on any atom is -0.308 e. The van der Waals surface area contributed by atoms with E-state index in [2.05, 4.69) is 5.32 Å². The van der Waals surface area contributed by atoms with E-state index in [0.29, 0.717) is 11.6 Å². The summed E-state index contributed by atoms with van der Waals surface area (Å²) in [5.41, 5.74) is 2.72. The highest BCUT2D eigenvalue weighted by Crippen LogP contribution is 2.21. The number of rotatable bonds is 3. The van der Waals surface area contributed by atoms with Gasteiger partial charge < -0.3 is 5.32 Å². The quantitative estimate of drug-likeness (QED) is 0.872. The van der Waals surface area contributed by atoms with Crippen molar-refractivity contribution in [3.63, 3.8) is 0 Å². The number of carbonyl (C=O) groups excluding carboxylic acids is 1. The molecule has 3 nitrogen and oxygen atoms in total. The van der Waals surface area contributed by atoms with Gasteiger partial charge in [-0.25, -0.2) is 4.79 Å². The van der Waals surface area contributed by atoms with Crippen molar-refractivity contribution in [1.29, 1.82) is 0 Å². The highest BCUT2D eigenvalue weighted by Gasteiger charge is 2.15. The van der Waals surface area contributed by atoms with Gasteiger partial charge in [-0.3, -0.25) is 4.90 Å². The van der Waals surface area contributed by atoms with Crippen molar-refractivity contribution in [1.82, 2.24) is 0 Å². The Labute approximate surface area is 124 Å². The van der Waals surface area contributed by atoms with E-state index in [1.165, 1.54) is 0 Å². The third-order valence-electron chi connectivity index (χ3n) is 3.06. The molecule has 104 valence electrons. The Kier molecular flexibility index (Phi) is 4.64. The zero-order valence-corrected chi connectivity index (χ0v) is 12.3. The second kappa shape index (κ2) is 6.44. The van der Waals surface area contributed by atoms with Crippen LogP contribution in [-0.2, 0) is 0 Å². The van der Waals surface area contributed by atoms with Gasteiger partial charge in [-0.2, -0.15) is 0 Å². The second-order valence-electron chi connectivity index (χ2n) is 4.47. The van der Waals surface area contributed by atoms with Gasteiger partial charge in [0.2, 0.25) is 0 Å². The van der Waals surface area contributed by atoms with Crippen LogP contribution in [-0.4, -0.2) is 12.6 Å². The molecule has 0 bridgehead atoms. The van der Waals surface area contributed by atoms with Gasteiger partial charge in [-0.1, -0.05) is 29.8 Å². The summed E-state index contributed by atoms with van der Waals surface area (Å²) in [5.74, 6) is 0. The van der Waals surface area contributed by atoms with Crippen LogP contribution in [0, 0.1) is 6.92 Å². The summed E-state index contributed by atoms with van der Waals surface area (Å²) in [5, 5.41) is 3.52. The molecule has 4 heteroatoms. The van der Waals surface area contributed by atoms with Crippen molar-refractivity contribution in [2.75, 3.05) is 16.8 Å². The first kappa shape index (κ1) is 14.4. The van der Waals surface area contributed by atoms with Crippen molar-refractivity contribution >= 4 is 29.0 Å². The van der Waals surface area contributed by atoms with Gasteiger partial charge in [-0.15, -0.1) is 0 Å². The number of hydrogen-bond acceptors (Lipinski definition) is 1. The van der Waals surface area contributed by atoms with Gasteiger partial charge in [0.25, 0.3) is 0 Å². The lowest BCUT2D eigenvalue weighted by Gasteiger charge is -2.23. The van der Waals surface area contributed by atoms with Gasteiger partial charge in [0, 0.05) is 22.9 Å². The Balaban J connectivity index is 2.18. The van der Waals surface area contributed by atoms with Crippen LogP contribution in [0.4, 0.5) is 16.2 Å². The van der Waals surface area contributed by atoms with E-state index in [1.807, 2.05) is 38.1 Å². The molecule has 0 aromatic heterocycles. The highest BCUT2D eigenvalue weighted by molar-refractivity contribution is 6.30. The van der Waals surface area contributed by atoms with Crippen molar-refractivity contribution in [2.45, 2.75) is 13.8 Å². The van der Waals surface area contributed by atoms with Gasteiger partial charge >= 0.3 is 6.03 Å². The van der Waals surface area contributed by atoms with Crippen LogP contribution >= 0.6 is 11.6 Å². The molecule has 0 aliphatic heterocycles. The van der Waals surface area contributed by atoms with Crippen molar-refractivity contribution < 1.29 is 4.79 Å². The van der Waals surface area contributed by atoms with Gasteiger partial charge in [0.15, 0.2) is 0 Å². The molecular weight excluding hydrogens is 272 g/mol. The maximum Gasteiger partial charge on any atom is 0.326 e. The predicted molar refractivity (Wildman–Crippen MR) is 84.7 cm³/mol. The predicted octanol–water partition coefficient (Wildman–Crippen LogP) is 4.71. The molecule has 0 aliphatic carbocycles. The molecule has 0 spiro atoms. The number of para-hydroxylation sites is 1. The molecule has 2 aromatic carbocycles. The second-order valence-corrected chi connectivity index (χ2v) is 4.90. The standard InChI is InChI=1S/C16H17ClN2O/c1-3-19(15-7-5-4-6-12(15)2)16(20)18-14-10-8-13(17)9-11-14/h4-11H,3H2,1-2H3,(H,18,20). The first-order chi connectivity index (χ1) is 9.61. The Hall–Kier alpha value is -2.00. The smallest absolute Gasteiger partial charge is 0.308 e. The topological polar surface area (TPSA) is 32.3 Å². The summed E-state index contributed by atoms with van der Waals surface area (Å²) in [6.45, 7) is 4.55. The molecule has 2 aromatic rings. The van der Waals surface area contributed by atoms with E-state index < -0.39 is 0 Å². The fourth-order valence-electron chi connectivity index (χ4n) is 2.01. The average molecular weight is 289 g/mol. The molecule has 1 N–H and O–H groups in total. The minimum absolute atomic E-state index is 0.149. The normalized spacial score (nSPS) is 10.2. The van der Waals surface area contributed by atoms with Crippen LogP contribution in [0.15, 0.2) is 48.5 Å². The van der Waals surface area contributed by atoms with Gasteiger partial charge in [0.05, 0.1) is 0 Å². The molecule has 2 rings (SSSR count). The molecule has 2 amide bonds. The van der Waals surface area contributed by atoms with E-state index in [4.69, 9.17) is 11.6 Å². The Morgan fingerprint density at radius 3 is 2.40 bits per heavy atom. The van der Waals surface area contributed by atoms with Crippen LogP contribution in [0.3, 0.4) is 0 Å². The fourth-order valence-corrected chi connectivity index (χ4v) is 2.14. The van der Waals surface area contributed by atoms with Crippen molar-refractivity contribution in [2.24, 2.45) is 0 Å². The Bertz CT molecular complexity index is 596. The zero-order chi connectivity index (χ0) is 14.5. The SMILES string of the molecule is CCN(C(=O)Nc1ccc(Cl)cc1)c1ccccc1C. The number of hydrogen-bond donors (Lipinski definition) is 1. The highest BCUT2D eigenvalue weighted by atomic mass is 35.5.